The third-order valence-corrected chi connectivity index (χ3v) is 2.71. The van der Waals surface area contributed by atoms with Gasteiger partial charge in [-0.1, -0.05) is 6.07 Å². The minimum Gasteiger partial charge on any atom is -0.494 e. The molecule has 0 saturated heterocycles. The highest BCUT2D eigenvalue weighted by atomic mass is 16.5. The molecule has 1 heterocycles. The van der Waals surface area contributed by atoms with E-state index in [2.05, 4.69) is 4.98 Å². The molecule has 0 aliphatic carbocycles. The van der Waals surface area contributed by atoms with Crippen LogP contribution in [0.4, 0.5) is 0 Å². The van der Waals surface area contributed by atoms with Gasteiger partial charge in [0.2, 0.25) is 0 Å². The lowest BCUT2D eigenvalue weighted by Crippen LogP contribution is -2.26. The quantitative estimate of drug-likeness (QED) is 0.845. The van der Waals surface area contributed by atoms with Crippen molar-refractivity contribution in [2.75, 3.05) is 20.3 Å². The predicted molar refractivity (Wildman–Crippen MR) is 68.7 cm³/mol. The second-order valence-corrected chi connectivity index (χ2v) is 3.93. The normalized spacial score (nSPS) is 12.8. The number of nitrogens with two attached hydrogens (primary N) is 1. The number of nitrogens with zero attached hydrogens (tertiary/aromatic N) is 1. The molecule has 18 heavy (non-hydrogen) atoms. The molecule has 1 aromatic heterocycles. The van der Waals surface area contributed by atoms with Gasteiger partial charge in [-0.2, -0.15) is 0 Å². The summed E-state index contributed by atoms with van der Waals surface area (Å²) in [5, 5.41) is 0. The number of fused-ring (bicyclic) bond motifs is 1. The first-order valence-electron chi connectivity index (χ1n) is 6.02. The van der Waals surface area contributed by atoms with Gasteiger partial charge in [0.05, 0.1) is 19.6 Å². The Hall–Kier alpha value is -1.59. The van der Waals surface area contributed by atoms with Gasteiger partial charge < -0.3 is 19.6 Å². The van der Waals surface area contributed by atoms with Gasteiger partial charge in [-0.25, -0.2) is 4.98 Å². The zero-order valence-electron chi connectivity index (χ0n) is 10.7. The number of hydrogen-bond donors (Lipinski definition) is 1. The Labute approximate surface area is 106 Å². The maximum absolute atomic E-state index is 5.66. The van der Waals surface area contributed by atoms with Crippen molar-refractivity contribution in [1.29, 1.82) is 0 Å². The summed E-state index contributed by atoms with van der Waals surface area (Å²) in [7, 11) is 1.62. The van der Waals surface area contributed by atoms with Crippen LogP contribution in [0.25, 0.3) is 11.1 Å². The number of oxazole rings is 1. The van der Waals surface area contributed by atoms with Gasteiger partial charge in [0.25, 0.3) is 0 Å². The van der Waals surface area contributed by atoms with Crippen LogP contribution in [-0.2, 0) is 11.2 Å². The second-order valence-electron chi connectivity index (χ2n) is 3.93. The summed E-state index contributed by atoms with van der Waals surface area (Å²) in [4.78, 5) is 4.43. The Morgan fingerprint density at radius 2 is 2.28 bits per heavy atom. The Balaban J connectivity index is 2.24. The van der Waals surface area contributed by atoms with E-state index in [1.54, 1.807) is 7.11 Å². The predicted octanol–water partition coefficient (Wildman–Crippen LogP) is 1.74. The summed E-state index contributed by atoms with van der Waals surface area (Å²) in [6.45, 7) is 3.02. The molecule has 0 bridgehead atoms. The fourth-order valence-electron chi connectivity index (χ4n) is 1.86. The van der Waals surface area contributed by atoms with Crippen LogP contribution in [0, 0.1) is 0 Å². The Morgan fingerprint density at radius 1 is 1.44 bits per heavy atom. The van der Waals surface area contributed by atoms with E-state index in [0.29, 0.717) is 31.2 Å². The fourth-order valence-corrected chi connectivity index (χ4v) is 1.86. The topological polar surface area (TPSA) is 70.5 Å². The van der Waals surface area contributed by atoms with Crippen molar-refractivity contribution < 1.29 is 13.9 Å². The van der Waals surface area contributed by atoms with Crippen molar-refractivity contribution >= 4 is 11.1 Å². The zero-order valence-corrected chi connectivity index (χ0v) is 10.7. The van der Waals surface area contributed by atoms with E-state index in [-0.39, 0.29) is 6.10 Å². The SMILES string of the molecule is CCOC(CN)Cc1nc2c(OC)cccc2o1. The smallest absolute Gasteiger partial charge is 0.198 e. The highest BCUT2D eigenvalue weighted by molar-refractivity contribution is 5.79. The number of benzene rings is 1. The van der Waals surface area contributed by atoms with Crippen molar-refractivity contribution in [2.45, 2.75) is 19.4 Å². The monoisotopic (exact) mass is 250 g/mol. The summed E-state index contributed by atoms with van der Waals surface area (Å²) >= 11 is 0. The van der Waals surface area contributed by atoms with E-state index in [0.717, 1.165) is 11.1 Å². The number of methoxy groups -OCH3 is 1. The zero-order chi connectivity index (χ0) is 13.0. The molecule has 98 valence electrons. The van der Waals surface area contributed by atoms with Crippen LogP contribution < -0.4 is 10.5 Å². The lowest BCUT2D eigenvalue weighted by atomic mass is 10.2. The Bertz CT molecular complexity index is 510. The van der Waals surface area contributed by atoms with Crippen LogP contribution in [0.15, 0.2) is 22.6 Å². The van der Waals surface area contributed by atoms with E-state index in [1.165, 1.54) is 0 Å². The molecule has 0 fully saturated rings. The van der Waals surface area contributed by atoms with Gasteiger partial charge in [0.1, 0.15) is 5.75 Å². The second kappa shape index (κ2) is 5.84. The van der Waals surface area contributed by atoms with Crippen LogP contribution in [0.1, 0.15) is 12.8 Å². The highest BCUT2D eigenvalue weighted by Gasteiger charge is 2.14. The molecule has 0 radical (unpaired) electrons. The lowest BCUT2D eigenvalue weighted by Gasteiger charge is -2.11. The molecule has 5 nitrogen and oxygen atoms in total. The third-order valence-electron chi connectivity index (χ3n) is 2.71. The van der Waals surface area contributed by atoms with Crippen molar-refractivity contribution in [2.24, 2.45) is 5.73 Å². The molecule has 1 unspecified atom stereocenters. The molecular formula is C13H18N2O3. The van der Waals surface area contributed by atoms with Crippen LogP contribution in [-0.4, -0.2) is 31.3 Å². The maximum Gasteiger partial charge on any atom is 0.198 e. The van der Waals surface area contributed by atoms with Crippen molar-refractivity contribution in [1.82, 2.24) is 4.98 Å². The van der Waals surface area contributed by atoms with Crippen molar-refractivity contribution in [3.63, 3.8) is 0 Å². The molecule has 0 spiro atoms. The Morgan fingerprint density at radius 3 is 2.94 bits per heavy atom. The first kappa shape index (κ1) is 12.9. The molecule has 2 aromatic rings. The van der Waals surface area contributed by atoms with Crippen LogP contribution in [0.5, 0.6) is 5.75 Å². The molecule has 0 saturated carbocycles. The largest absolute Gasteiger partial charge is 0.494 e. The molecule has 5 heteroatoms. The standard InChI is InChI=1S/C13H18N2O3/c1-3-17-9(8-14)7-12-15-13-10(16-2)5-4-6-11(13)18-12/h4-6,9H,3,7-8,14H2,1-2H3. The van der Waals surface area contributed by atoms with Crippen LogP contribution in [0.2, 0.25) is 0 Å². The summed E-state index contributed by atoms with van der Waals surface area (Å²) in [5.74, 6) is 1.33. The van der Waals surface area contributed by atoms with E-state index in [4.69, 9.17) is 19.6 Å². The van der Waals surface area contributed by atoms with Gasteiger partial charge in [0, 0.05) is 13.2 Å². The Kier molecular flexibility index (Phi) is 4.17. The van der Waals surface area contributed by atoms with E-state index >= 15 is 0 Å². The van der Waals surface area contributed by atoms with Crippen LogP contribution >= 0.6 is 0 Å². The first-order valence-corrected chi connectivity index (χ1v) is 6.02. The lowest BCUT2D eigenvalue weighted by molar-refractivity contribution is 0.0651. The fraction of sp³-hybridized carbons (Fsp3) is 0.462. The van der Waals surface area contributed by atoms with Crippen LogP contribution in [0.3, 0.4) is 0 Å². The molecule has 0 amide bonds. The molecule has 1 atom stereocenters. The number of para-hydroxylation sites is 1. The minimum atomic E-state index is -0.0611. The van der Waals surface area contributed by atoms with Crippen molar-refractivity contribution in [3.05, 3.63) is 24.1 Å². The average molecular weight is 250 g/mol. The molecule has 1 aromatic carbocycles. The number of hydrogen-bond acceptors (Lipinski definition) is 5. The molecule has 0 aliphatic rings. The van der Waals surface area contributed by atoms with E-state index in [1.807, 2.05) is 25.1 Å². The van der Waals surface area contributed by atoms with E-state index in [9.17, 15) is 0 Å². The van der Waals surface area contributed by atoms with Crippen molar-refractivity contribution in [3.8, 4) is 5.75 Å². The molecule has 2 rings (SSSR count). The number of aromatic nitrogens is 1. The molecular weight excluding hydrogens is 232 g/mol. The summed E-state index contributed by atoms with van der Waals surface area (Å²) in [6.07, 6.45) is 0.511. The van der Waals surface area contributed by atoms with Gasteiger partial charge in [0.15, 0.2) is 17.0 Å². The number of rotatable bonds is 6. The van der Waals surface area contributed by atoms with Gasteiger partial charge in [-0.3, -0.25) is 0 Å². The van der Waals surface area contributed by atoms with E-state index < -0.39 is 0 Å². The van der Waals surface area contributed by atoms with Gasteiger partial charge in [-0.05, 0) is 19.1 Å². The number of ether oxygens (including phenoxy) is 2. The summed E-state index contributed by atoms with van der Waals surface area (Å²) in [6, 6.07) is 5.60. The van der Waals surface area contributed by atoms with Gasteiger partial charge >= 0.3 is 0 Å². The molecule has 0 aliphatic heterocycles. The minimum absolute atomic E-state index is 0.0611. The average Bonchev–Trinajstić information content (AvgIpc) is 2.80. The molecule has 2 N–H and O–H groups in total. The van der Waals surface area contributed by atoms with Gasteiger partial charge in [-0.15, -0.1) is 0 Å². The third kappa shape index (κ3) is 2.63. The summed E-state index contributed by atoms with van der Waals surface area (Å²) in [5.41, 5.74) is 7.10. The summed E-state index contributed by atoms with van der Waals surface area (Å²) < 4.78 is 16.4. The first-order chi connectivity index (χ1) is 8.78. The highest BCUT2D eigenvalue weighted by Crippen LogP contribution is 2.25. The maximum atomic E-state index is 5.66.